The third kappa shape index (κ3) is 2.47. The number of benzene rings is 1. The Morgan fingerprint density at radius 2 is 2.00 bits per heavy atom. The van der Waals surface area contributed by atoms with Gasteiger partial charge in [-0.25, -0.2) is 0 Å². The number of H-pyrrole nitrogens is 1. The van der Waals surface area contributed by atoms with Gasteiger partial charge in [0, 0.05) is 35.9 Å². The van der Waals surface area contributed by atoms with Crippen LogP contribution in [-0.2, 0) is 13.5 Å². The molecule has 0 saturated carbocycles. The standard InChI is InChI=1S/C15H15ClN4/c1-10-7-13(20(2)19-10)8-15-14(9-17-18-15)11-3-5-12(16)6-4-11/h3-7,9H,8H2,1-2H3,(H,17,18). The molecule has 0 saturated heterocycles. The van der Waals surface area contributed by atoms with E-state index in [-0.39, 0.29) is 0 Å². The van der Waals surface area contributed by atoms with Crippen LogP contribution in [0, 0.1) is 6.92 Å². The fourth-order valence-corrected chi connectivity index (χ4v) is 2.46. The molecule has 20 heavy (non-hydrogen) atoms. The molecule has 0 atom stereocenters. The number of aromatic nitrogens is 4. The maximum absolute atomic E-state index is 5.93. The second-order valence-corrected chi connectivity index (χ2v) is 5.27. The molecule has 0 aliphatic heterocycles. The lowest BCUT2D eigenvalue weighted by Gasteiger charge is -2.03. The molecule has 0 radical (unpaired) electrons. The number of hydrogen-bond acceptors (Lipinski definition) is 2. The lowest BCUT2D eigenvalue weighted by atomic mass is 10.0. The van der Waals surface area contributed by atoms with E-state index in [2.05, 4.69) is 21.4 Å². The normalized spacial score (nSPS) is 10.9. The Kier molecular flexibility index (Phi) is 3.32. The summed E-state index contributed by atoms with van der Waals surface area (Å²) in [6.45, 7) is 1.99. The van der Waals surface area contributed by atoms with Gasteiger partial charge < -0.3 is 0 Å². The fraction of sp³-hybridized carbons (Fsp3) is 0.200. The van der Waals surface area contributed by atoms with E-state index >= 15 is 0 Å². The Morgan fingerprint density at radius 1 is 1.25 bits per heavy atom. The number of rotatable bonds is 3. The summed E-state index contributed by atoms with van der Waals surface area (Å²) in [4.78, 5) is 0. The topological polar surface area (TPSA) is 46.5 Å². The molecule has 5 heteroatoms. The zero-order valence-corrected chi connectivity index (χ0v) is 12.1. The highest BCUT2D eigenvalue weighted by molar-refractivity contribution is 6.30. The first-order valence-electron chi connectivity index (χ1n) is 6.41. The monoisotopic (exact) mass is 286 g/mol. The SMILES string of the molecule is Cc1cc(Cc2n[nH]cc2-c2ccc(Cl)cc2)n(C)n1. The molecular formula is C15H15ClN4. The van der Waals surface area contributed by atoms with E-state index in [4.69, 9.17) is 11.6 Å². The Labute approximate surface area is 122 Å². The zero-order chi connectivity index (χ0) is 14.1. The van der Waals surface area contributed by atoms with Gasteiger partial charge in [0.2, 0.25) is 0 Å². The van der Waals surface area contributed by atoms with E-state index in [1.807, 2.05) is 49.1 Å². The van der Waals surface area contributed by atoms with E-state index in [1.165, 1.54) is 0 Å². The highest BCUT2D eigenvalue weighted by Crippen LogP contribution is 2.25. The number of halogens is 1. The summed E-state index contributed by atoms with van der Waals surface area (Å²) in [5, 5.41) is 12.4. The molecule has 2 aromatic heterocycles. The molecule has 2 heterocycles. The van der Waals surface area contributed by atoms with Crippen molar-refractivity contribution in [3.8, 4) is 11.1 Å². The van der Waals surface area contributed by atoms with Crippen molar-refractivity contribution in [2.45, 2.75) is 13.3 Å². The average molecular weight is 287 g/mol. The van der Waals surface area contributed by atoms with Gasteiger partial charge >= 0.3 is 0 Å². The summed E-state index contributed by atoms with van der Waals surface area (Å²) in [7, 11) is 1.96. The maximum atomic E-state index is 5.93. The summed E-state index contributed by atoms with van der Waals surface area (Å²) in [5.41, 5.74) is 5.38. The third-order valence-corrected chi connectivity index (χ3v) is 3.57. The predicted octanol–water partition coefficient (Wildman–Crippen LogP) is 3.36. The quantitative estimate of drug-likeness (QED) is 0.802. The summed E-state index contributed by atoms with van der Waals surface area (Å²) >= 11 is 5.93. The number of hydrogen-bond donors (Lipinski definition) is 1. The smallest absolute Gasteiger partial charge is 0.0759 e. The van der Waals surface area contributed by atoms with Gasteiger partial charge in [0.25, 0.3) is 0 Å². The highest BCUT2D eigenvalue weighted by Gasteiger charge is 2.11. The number of nitrogens with zero attached hydrogens (tertiary/aromatic N) is 3. The largest absolute Gasteiger partial charge is 0.285 e. The van der Waals surface area contributed by atoms with E-state index in [9.17, 15) is 0 Å². The minimum atomic E-state index is 0.737. The van der Waals surface area contributed by atoms with Crippen LogP contribution < -0.4 is 0 Å². The molecule has 0 amide bonds. The first-order chi connectivity index (χ1) is 9.63. The Bertz CT molecular complexity index is 725. The van der Waals surface area contributed by atoms with Gasteiger partial charge in [-0.3, -0.25) is 9.78 Å². The van der Waals surface area contributed by atoms with Crippen LogP contribution in [0.4, 0.5) is 0 Å². The zero-order valence-electron chi connectivity index (χ0n) is 11.4. The summed E-state index contributed by atoms with van der Waals surface area (Å²) in [6, 6.07) is 9.88. The molecule has 0 unspecified atom stereocenters. The highest BCUT2D eigenvalue weighted by atomic mass is 35.5. The molecule has 4 nitrogen and oxygen atoms in total. The van der Waals surface area contributed by atoms with Crippen LogP contribution in [0.1, 0.15) is 17.1 Å². The lowest BCUT2D eigenvalue weighted by molar-refractivity contribution is 0.713. The molecular weight excluding hydrogens is 272 g/mol. The molecule has 102 valence electrons. The Hall–Kier alpha value is -2.07. The van der Waals surface area contributed by atoms with Crippen LogP contribution >= 0.6 is 11.6 Å². The van der Waals surface area contributed by atoms with Crippen molar-refractivity contribution in [3.05, 3.63) is 58.6 Å². The third-order valence-electron chi connectivity index (χ3n) is 3.32. The van der Waals surface area contributed by atoms with Crippen molar-refractivity contribution in [2.24, 2.45) is 7.05 Å². The second kappa shape index (κ2) is 5.13. The number of aryl methyl sites for hydroxylation is 2. The van der Waals surface area contributed by atoms with Crippen molar-refractivity contribution in [1.29, 1.82) is 0 Å². The van der Waals surface area contributed by atoms with E-state index in [0.717, 1.165) is 39.7 Å². The van der Waals surface area contributed by atoms with Gasteiger partial charge in [0.1, 0.15) is 0 Å². The van der Waals surface area contributed by atoms with Crippen molar-refractivity contribution >= 4 is 11.6 Å². The van der Waals surface area contributed by atoms with Crippen LogP contribution in [0.2, 0.25) is 5.02 Å². The van der Waals surface area contributed by atoms with Gasteiger partial charge in [0.15, 0.2) is 0 Å². The molecule has 3 aromatic rings. The predicted molar refractivity (Wildman–Crippen MR) is 79.8 cm³/mol. The van der Waals surface area contributed by atoms with Gasteiger partial charge in [-0.1, -0.05) is 23.7 Å². The molecule has 0 aliphatic rings. The molecule has 0 fully saturated rings. The van der Waals surface area contributed by atoms with Crippen LogP contribution in [0.5, 0.6) is 0 Å². The van der Waals surface area contributed by atoms with E-state index in [0.29, 0.717) is 0 Å². The lowest BCUT2D eigenvalue weighted by Crippen LogP contribution is -2.00. The Balaban J connectivity index is 1.94. The van der Waals surface area contributed by atoms with E-state index in [1.54, 1.807) is 0 Å². The van der Waals surface area contributed by atoms with Gasteiger partial charge in [-0.05, 0) is 30.7 Å². The maximum Gasteiger partial charge on any atom is 0.0759 e. The summed E-state index contributed by atoms with van der Waals surface area (Å²) in [6.07, 6.45) is 2.67. The van der Waals surface area contributed by atoms with E-state index < -0.39 is 0 Å². The van der Waals surface area contributed by atoms with Crippen molar-refractivity contribution in [2.75, 3.05) is 0 Å². The van der Waals surface area contributed by atoms with Gasteiger partial charge in [-0.2, -0.15) is 10.2 Å². The summed E-state index contributed by atoms with van der Waals surface area (Å²) < 4.78 is 1.90. The minimum absolute atomic E-state index is 0.737. The Morgan fingerprint density at radius 3 is 2.65 bits per heavy atom. The van der Waals surface area contributed by atoms with Crippen LogP contribution in [-0.4, -0.2) is 20.0 Å². The molecule has 1 aromatic carbocycles. The average Bonchev–Trinajstić information content (AvgIpc) is 2.98. The van der Waals surface area contributed by atoms with Crippen LogP contribution in [0.3, 0.4) is 0 Å². The first kappa shape index (κ1) is 12.9. The van der Waals surface area contributed by atoms with Crippen molar-refractivity contribution < 1.29 is 0 Å². The minimum Gasteiger partial charge on any atom is -0.285 e. The number of nitrogens with one attached hydrogen (secondary N) is 1. The molecule has 1 N–H and O–H groups in total. The number of aromatic amines is 1. The second-order valence-electron chi connectivity index (χ2n) is 4.83. The van der Waals surface area contributed by atoms with Gasteiger partial charge in [-0.15, -0.1) is 0 Å². The van der Waals surface area contributed by atoms with Crippen LogP contribution in [0.15, 0.2) is 36.5 Å². The molecule has 0 bridgehead atoms. The first-order valence-corrected chi connectivity index (χ1v) is 6.79. The molecule has 3 rings (SSSR count). The molecule has 0 spiro atoms. The van der Waals surface area contributed by atoms with Crippen LogP contribution in [0.25, 0.3) is 11.1 Å². The van der Waals surface area contributed by atoms with Gasteiger partial charge in [0.05, 0.1) is 11.4 Å². The molecule has 0 aliphatic carbocycles. The van der Waals surface area contributed by atoms with Crippen molar-refractivity contribution in [3.63, 3.8) is 0 Å². The summed E-state index contributed by atoms with van der Waals surface area (Å²) in [5.74, 6) is 0. The fourth-order valence-electron chi connectivity index (χ4n) is 2.33. The van der Waals surface area contributed by atoms with Crippen molar-refractivity contribution in [1.82, 2.24) is 20.0 Å².